The standard InChI is InChI=1S/C16H20N2O3/c1-11(2)10-21-16(20)14-9-18(17-15(14)12(3)19)13-7-5-4-6-8-13/h4-8,11,14H,9-10H2,1-3H3/t14-/m1/s1. The van der Waals surface area contributed by atoms with Crippen LogP contribution in [0.1, 0.15) is 20.8 Å². The summed E-state index contributed by atoms with van der Waals surface area (Å²) in [6, 6.07) is 9.47. The number of anilines is 1. The van der Waals surface area contributed by atoms with Crippen LogP contribution in [0, 0.1) is 11.8 Å². The van der Waals surface area contributed by atoms with E-state index in [4.69, 9.17) is 4.74 Å². The van der Waals surface area contributed by atoms with Gasteiger partial charge in [-0.1, -0.05) is 32.0 Å². The first-order chi connectivity index (χ1) is 9.99. The number of ether oxygens (including phenoxy) is 1. The Morgan fingerprint density at radius 2 is 2.00 bits per heavy atom. The summed E-state index contributed by atoms with van der Waals surface area (Å²) < 4.78 is 5.25. The fourth-order valence-electron chi connectivity index (χ4n) is 2.11. The van der Waals surface area contributed by atoms with Gasteiger partial charge in [-0.15, -0.1) is 0 Å². The van der Waals surface area contributed by atoms with E-state index in [-0.39, 0.29) is 23.4 Å². The van der Waals surface area contributed by atoms with Gasteiger partial charge in [0.05, 0.1) is 18.8 Å². The third-order valence-electron chi connectivity index (χ3n) is 3.17. The van der Waals surface area contributed by atoms with Crippen molar-refractivity contribution in [3.8, 4) is 0 Å². The average Bonchev–Trinajstić information content (AvgIpc) is 2.91. The highest BCUT2D eigenvalue weighted by Gasteiger charge is 2.36. The summed E-state index contributed by atoms with van der Waals surface area (Å²) in [5.74, 6) is -0.921. The molecule has 0 spiro atoms. The van der Waals surface area contributed by atoms with Gasteiger partial charge >= 0.3 is 5.97 Å². The van der Waals surface area contributed by atoms with Crippen LogP contribution in [0.4, 0.5) is 5.69 Å². The molecule has 1 heterocycles. The molecule has 0 amide bonds. The van der Waals surface area contributed by atoms with Gasteiger partial charge in [0.2, 0.25) is 0 Å². The number of ketones is 1. The summed E-state index contributed by atoms with van der Waals surface area (Å²) in [6.45, 7) is 6.06. The van der Waals surface area contributed by atoms with E-state index >= 15 is 0 Å². The lowest BCUT2D eigenvalue weighted by Gasteiger charge is -2.16. The Balaban J connectivity index is 2.15. The fraction of sp³-hybridized carbons (Fsp3) is 0.438. The van der Waals surface area contributed by atoms with Crippen molar-refractivity contribution in [2.45, 2.75) is 20.8 Å². The van der Waals surface area contributed by atoms with Crippen LogP contribution in [-0.4, -0.2) is 30.6 Å². The second kappa shape index (κ2) is 6.52. The van der Waals surface area contributed by atoms with Gasteiger partial charge in [0.1, 0.15) is 11.6 Å². The summed E-state index contributed by atoms with van der Waals surface area (Å²) in [5.41, 5.74) is 1.13. The van der Waals surface area contributed by atoms with Crippen LogP contribution in [0.15, 0.2) is 35.4 Å². The van der Waals surface area contributed by atoms with Gasteiger partial charge < -0.3 is 4.74 Å². The number of hydrazone groups is 1. The zero-order valence-corrected chi connectivity index (χ0v) is 12.6. The lowest BCUT2D eigenvalue weighted by molar-refractivity contribution is -0.147. The number of rotatable bonds is 5. The molecule has 1 atom stereocenters. The third-order valence-corrected chi connectivity index (χ3v) is 3.17. The van der Waals surface area contributed by atoms with E-state index in [1.54, 1.807) is 5.01 Å². The van der Waals surface area contributed by atoms with E-state index in [9.17, 15) is 9.59 Å². The first-order valence-corrected chi connectivity index (χ1v) is 7.07. The Morgan fingerprint density at radius 3 is 2.57 bits per heavy atom. The lowest BCUT2D eigenvalue weighted by Crippen LogP contribution is -2.32. The summed E-state index contributed by atoms with van der Waals surface area (Å²) in [6.07, 6.45) is 0. The monoisotopic (exact) mass is 288 g/mol. The Kier molecular flexibility index (Phi) is 4.73. The van der Waals surface area contributed by atoms with Crippen molar-refractivity contribution in [2.24, 2.45) is 16.9 Å². The van der Waals surface area contributed by atoms with Gasteiger partial charge in [-0.25, -0.2) is 0 Å². The highest BCUT2D eigenvalue weighted by atomic mass is 16.5. The van der Waals surface area contributed by atoms with Crippen LogP contribution < -0.4 is 5.01 Å². The minimum atomic E-state index is -0.610. The van der Waals surface area contributed by atoms with Gasteiger partial charge in [-0.05, 0) is 18.1 Å². The van der Waals surface area contributed by atoms with Gasteiger partial charge in [0.15, 0.2) is 5.78 Å². The normalized spacial score (nSPS) is 17.8. The molecule has 0 aromatic heterocycles. The molecule has 5 heteroatoms. The van der Waals surface area contributed by atoms with Crippen LogP contribution in [0.2, 0.25) is 0 Å². The van der Waals surface area contributed by atoms with E-state index in [0.29, 0.717) is 13.2 Å². The molecule has 0 unspecified atom stereocenters. The Bertz CT molecular complexity index is 552. The number of benzene rings is 1. The van der Waals surface area contributed by atoms with Crippen molar-refractivity contribution >= 4 is 23.2 Å². The maximum atomic E-state index is 12.2. The molecule has 0 radical (unpaired) electrons. The molecule has 0 bridgehead atoms. The molecule has 1 aromatic rings. The summed E-state index contributed by atoms with van der Waals surface area (Å²) >= 11 is 0. The number of esters is 1. The molecular formula is C16H20N2O3. The zero-order chi connectivity index (χ0) is 15.4. The van der Waals surface area contributed by atoms with Crippen LogP contribution in [0.5, 0.6) is 0 Å². The summed E-state index contributed by atoms with van der Waals surface area (Å²) in [4.78, 5) is 23.9. The lowest BCUT2D eigenvalue weighted by atomic mass is 10.0. The predicted molar refractivity (Wildman–Crippen MR) is 81.2 cm³/mol. The SMILES string of the molecule is CC(=O)C1=NN(c2ccccc2)C[C@H]1C(=O)OCC(C)C. The van der Waals surface area contributed by atoms with E-state index < -0.39 is 5.92 Å². The Labute approximate surface area is 124 Å². The molecule has 0 fully saturated rings. The van der Waals surface area contributed by atoms with Crippen molar-refractivity contribution in [1.82, 2.24) is 0 Å². The third kappa shape index (κ3) is 3.68. The molecule has 0 saturated heterocycles. The van der Waals surface area contributed by atoms with Gasteiger partial charge in [-0.2, -0.15) is 5.10 Å². The van der Waals surface area contributed by atoms with Crippen LogP contribution in [0.25, 0.3) is 0 Å². The maximum absolute atomic E-state index is 12.2. The highest BCUT2D eigenvalue weighted by Crippen LogP contribution is 2.23. The van der Waals surface area contributed by atoms with Gasteiger partial charge in [-0.3, -0.25) is 14.6 Å². The Hall–Kier alpha value is -2.17. The minimum absolute atomic E-state index is 0.195. The van der Waals surface area contributed by atoms with Crippen molar-refractivity contribution in [3.63, 3.8) is 0 Å². The molecule has 1 aromatic carbocycles. The topological polar surface area (TPSA) is 59.0 Å². The van der Waals surface area contributed by atoms with Gasteiger partial charge in [0.25, 0.3) is 0 Å². The number of para-hydroxylation sites is 1. The van der Waals surface area contributed by atoms with E-state index in [1.165, 1.54) is 6.92 Å². The Morgan fingerprint density at radius 1 is 1.33 bits per heavy atom. The molecule has 0 N–H and O–H groups in total. The number of carbonyl (C=O) groups is 2. The molecule has 2 rings (SSSR count). The van der Waals surface area contributed by atoms with Crippen LogP contribution in [-0.2, 0) is 14.3 Å². The van der Waals surface area contributed by atoms with Crippen LogP contribution in [0.3, 0.4) is 0 Å². The first-order valence-electron chi connectivity index (χ1n) is 7.07. The fourth-order valence-corrected chi connectivity index (χ4v) is 2.11. The molecule has 21 heavy (non-hydrogen) atoms. The molecular weight excluding hydrogens is 268 g/mol. The van der Waals surface area contributed by atoms with Gasteiger partial charge in [0, 0.05) is 6.92 Å². The van der Waals surface area contributed by atoms with Crippen molar-refractivity contribution in [3.05, 3.63) is 30.3 Å². The number of hydrogen-bond acceptors (Lipinski definition) is 5. The number of hydrogen-bond donors (Lipinski definition) is 0. The predicted octanol–water partition coefficient (Wildman–Crippen LogP) is 2.27. The molecule has 5 nitrogen and oxygen atoms in total. The number of carbonyl (C=O) groups excluding carboxylic acids is 2. The maximum Gasteiger partial charge on any atom is 0.317 e. The molecule has 112 valence electrons. The smallest absolute Gasteiger partial charge is 0.317 e. The minimum Gasteiger partial charge on any atom is -0.465 e. The average molecular weight is 288 g/mol. The number of Topliss-reactive ketones (excluding diaryl/α,β-unsaturated/α-hetero) is 1. The van der Waals surface area contributed by atoms with Crippen molar-refractivity contribution < 1.29 is 14.3 Å². The second-order valence-corrected chi connectivity index (χ2v) is 5.54. The quantitative estimate of drug-likeness (QED) is 0.780. The summed E-state index contributed by atoms with van der Waals surface area (Å²) in [5, 5.41) is 5.97. The highest BCUT2D eigenvalue weighted by molar-refractivity contribution is 6.43. The first kappa shape index (κ1) is 15.2. The zero-order valence-electron chi connectivity index (χ0n) is 12.6. The molecule has 0 saturated carbocycles. The summed E-state index contributed by atoms with van der Waals surface area (Å²) in [7, 11) is 0. The molecule has 1 aliphatic rings. The van der Waals surface area contributed by atoms with Crippen molar-refractivity contribution in [1.29, 1.82) is 0 Å². The molecule has 0 aliphatic carbocycles. The van der Waals surface area contributed by atoms with E-state index in [2.05, 4.69) is 5.10 Å². The number of nitrogens with zero attached hydrogens (tertiary/aromatic N) is 2. The van der Waals surface area contributed by atoms with Crippen molar-refractivity contribution in [2.75, 3.05) is 18.2 Å². The van der Waals surface area contributed by atoms with Crippen LogP contribution >= 0.6 is 0 Å². The van der Waals surface area contributed by atoms with E-state index in [1.807, 2.05) is 44.2 Å². The largest absolute Gasteiger partial charge is 0.465 e. The molecule has 1 aliphatic heterocycles. The second-order valence-electron chi connectivity index (χ2n) is 5.54. The van der Waals surface area contributed by atoms with E-state index in [0.717, 1.165) is 5.69 Å².